The molecule has 3 heteroatoms. The second-order valence-corrected chi connectivity index (χ2v) is 5.41. The van der Waals surface area contributed by atoms with Crippen LogP contribution in [0.4, 0.5) is 0 Å². The molecule has 0 amide bonds. The molecule has 1 aromatic rings. The van der Waals surface area contributed by atoms with E-state index in [1.807, 2.05) is 0 Å². The molecule has 0 saturated heterocycles. The monoisotopic (exact) mass is 224 g/mol. The number of hydrogen-bond donors (Lipinski definition) is 1. The molecule has 2 N–H and O–H groups in total. The van der Waals surface area contributed by atoms with Crippen molar-refractivity contribution in [2.45, 2.75) is 32.4 Å². The third kappa shape index (κ3) is 3.30. The van der Waals surface area contributed by atoms with Gasteiger partial charge >= 0.3 is 0 Å². The van der Waals surface area contributed by atoms with Gasteiger partial charge < -0.3 is 5.73 Å². The molecule has 1 aliphatic rings. The smallest absolute Gasteiger partial charge is 0.0245 e. The summed E-state index contributed by atoms with van der Waals surface area (Å²) in [6, 6.07) is 3.06. The second kappa shape index (κ2) is 5.10. The molecule has 2 rings (SSSR count). The lowest BCUT2D eigenvalue weighted by molar-refractivity contribution is 0.222. The highest BCUT2D eigenvalue weighted by atomic mass is 32.1. The van der Waals surface area contributed by atoms with E-state index in [-0.39, 0.29) is 0 Å². The number of hydrogen-bond acceptors (Lipinski definition) is 3. The normalized spacial score (nSPS) is 18.3. The molecule has 1 aliphatic carbocycles. The zero-order valence-corrected chi connectivity index (χ0v) is 10.2. The fourth-order valence-corrected chi connectivity index (χ4v) is 2.53. The van der Waals surface area contributed by atoms with E-state index in [4.69, 9.17) is 5.73 Å². The Bertz CT molecular complexity index is 280. The van der Waals surface area contributed by atoms with Crippen molar-refractivity contribution < 1.29 is 0 Å². The average Bonchev–Trinajstić information content (AvgIpc) is 2.97. The molecule has 0 radical (unpaired) electrons. The van der Waals surface area contributed by atoms with Crippen LogP contribution in [-0.4, -0.2) is 24.0 Å². The first-order chi connectivity index (χ1) is 7.29. The summed E-state index contributed by atoms with van der Waals surface area (Å²) in [5, 5.41) is 4.41. The second-order valence-electron chi connectivity index (χ2n) is 4.63. The summed E-state index contributed by atoms with van der Waals surface area (Å²) < 4.78 is 0. The molecule has 1 saturated carbocycles. The average molecular weight is 224 g/mol. The third-order valence-corrected chi connectivity index (χ3v) is 3.71. The standard InChI is InChI=1S/C12H20N2S/c1-10(6-13)7-14(12-2-3-12)8-11-4-5-15-9-11/h4-5,9-10,12H,2-3,6-8,13H2,1H3. The van der Waals surface area contributed by atoms with Crippen LogP contribution < -0.4 is 5.73 Å². The van der Waals surface area contributed by atoms with Gasteiger partial charge in [-0.05, 0) is 47.7 Å². The van der Waals surface area contributed by atoms with E-state index in [2.05, 4.69) is 28.7 Å². The van der Waals surface area contributed by atoms with Crippen LogP contribution >= 0.6 is 11.3 Å². The van der Waals surface area contributed by atoms with E-state index < -0.39 is 0 Å². The minimum atomic E-state index is 0.615. The van der Waals surface area contributed by atoms with Crippen LogP contribution in [0.3, 0.4) is 0 Å². The summed E-state index contributed by atoms with van der Waals surface area (Å²) in [6.07, 6.45) is 2.75. The topological polar surface area (TPSA) is 29.3 Å². The van der Waals surface area contributed by atoms with Crippen molar-refractivity contribution in [3.05, 3.63) is 22.4 Å². The van der Waals surface area contributed by atoms with Gasteiger partial charge in [-0.3, -0.25) is 4.90 Å². The summed E-state index contributed by atoms with van der Waals surface area (Å²) >= 11 is 1.79. The van der Waals surface area contributed by atoms with Gasteiger partial charge in [0.25, 0.3) is 0 Å². The fourth-order valence-electron chi connectivity index (χ4n) is 1.87. The minimum Gasteiger partial charge on any atom is -0.330 e. The predicted octanol–water partition coefficient (Wildman–Crippen LogP) is 2.31. The van der Waals surface area contributed by atoms with Crippen LogP contribution in [0.25, 0.3) is 0 Å². The van der Waals surface area contributed by atoms with Gasteiger partial charge in [-0.1, -0.05) is 6.92 Å². The first-order valence-electron chi connectivity index (χ1n) is 5.74. The van der Waals surface area contributed by atoms with Gasteiger partial charge in [-0.25, -0.2) is 0 Å². The Balaban J connectivity index is 1.88. The first-order valence-corrected chi connectivity index (χ1v) is 6.69. The van der Waals surface area contributed by atoms with Crippen molar-refractivity contribution >= 4 is 11.3 Å². The van der Waals surface area contributed by atoms with Crippen LogP contribution in [0, 0.1) is 5.92 Å². The predicted molar refractivity (Wildman–Crippen MR) is 66.0 cm³/mol. The van der Waals surface area contributed by atoms with Gasteiger partial charge in [-0.2, -0.15) is 11.3 Å². The lowest BCUT2D eigenvalue weighted by Gasteiger charge is -2.24. The van der Waals surface area contributed by atoms with E-state index in [9.17, 15) is 0 Å². The van der Waals surface area contributed by atoms with E-state index in [1.165, 1.54) is 18.4 Å². The Hall–Kier alpha value is -0.380. The molecular weight excluding hydrogens is 204 g/mol. The summed E-state index contributed by atoms with van der Waals surface area (Å²) in [6.45, 7) is 5.30. The molecule has 0 aromatic carbocycles. The van der Waals surface area contributed by atoms with E-state index in [0.717, 1.165) is 25.7 Å². The molecule has 1 aromatic heterocycles. The van der Waals surface area contributed by atoms with Crippen molar-refractivity contribution in [2.24, 2.45) is 11.7 Å². The van der Waals surface area contributed by atoms with Crippen molar-refractivity contribution in [3.63, 3.8) is 0 Å². The zero-order valence-electron chi connectivity index (χ0n) is 9.36. The summed E-state index contributed by atoms with van der Waals surface area (Å²) in [4.78, 5) is 2.60. The van der Waals surface area contributed by atoms with Crippen LogP contribution in [0.2, 0.25) is 0 Å². The Labute approximate surface area is 96.1 Å². The maximum Gasteiger partial charge on any atom is 0.0245 e. The Morgan fingerprint density at radius 2 is 2.40 bits per heavy atom. The molecule has 15 heavy (non-hydrogen) atoms. The summed E-state index contributed by atoms with van der Waals surface area (Å²) in [5.74, 6) is 0.615. The molecule has 2 nitrogen and oxygen atoms in total. The van der Waals surface area contributed by atoms with Gasteiger partial charge in [0.2, 0.25) is 0 Å². The number of nitrogens with two attached hydrogens (primary N) is 1. The van der Waals surface area contributed by atoms with Crippen LogP contribution in [0.1, 0.15) is 25.3 Å². The fraction of sp³-hybridized carbons (Fsp3) is 0.667. The molecule has 84 valence electrons. The largest absolute Gasteiger partial charge is 0.330 e. The lowest BCUT2D eigenvalue weighted by Crippen LogP contribution is -2.32. The molecule has 0 spiro atoms. The molecule has 1 unspecified atom stereocenters. The number of nitrogens with zero attached hydrogens (tertiary/aromatic N) is 1. The van der Waals surface area contributed by atoms with Crippen molar-refractivity contribution in [3.8, 4) is 0 Å². The lowest BCUT2D eigenvalue weighted by atomic mass is 10.1. The van der Waals surface area contributed by atoms with Gasteiger partial charge in [0.1, 0.15) is 0 Å². The molecule has 1 atom stereocenters. The third-order valence-electron chi connectivity index (χ3n) is 2.98. The van der Waals surface area contributed by atoms with E-state index in [0.29, 0.717) is 5.92 Å². The highest BCUT2D eigenvalue weighted by molar-refractivity contribution is 7.07. The molecule has 0 bridgehead atoms. The SMILES string of the molecule is CC(CN)CN(Cc1ccsc1)C1CC1. The molecule has 1 fully saturated rings. The summed E-state index contributed by atoms with van der Waals surface area (Å²) in [7, 11) is 0. The molecule has 0 aliphatic heterocycles. The van der Waals surface area contributed by atoms with Crippen molar-refractivity contribution in [1.82, 2.24) is 4.90 Å². The van der Waals surface area contributed by atoms with Gasteiger partial charge in [0.15, 0.2) is 0 Å². The maximum absolute atomic E-state index is 5.69. The van der Waals surface area contributed by atoms with Crippen LogP contribution in [0.5, 0.6) is 0 Å². The Morgan fingerprint density at radius 1 is 1.60 bits per heavy atom. The van der Waals surface area contributed by atoms with Gasteiger partial charge in [0, 0.05) is 19.1 Å². The van der Waals surface area contributed by atoms with Crippen molar-refractivity contribution in [2.75, 3.05) is 13.1 Å². The molecular formula is C12H20N2S. The van der Waals surface area contributed by atoms with Gasteiger partial charge in [-0.15, -0.1) is 0 Å². The maximum atomic E-state index is 5.69. The van der Waals surface area contributed by atoms with Gasteiger partial charge in [0.05, 0.1) is 0 Å². The highest BCUT2D eigenvalue weighted by Crippen LogP contribution is 2.29. The number of thiophene rings is 1. The Kier molecular flexibility index (Phi) is 3.78. The quantitative estimate of drug-likeness (QED) is 0.803. The zero-order chi connectivity index (χ0) is 10.7. The van der Waals surface area contributed by atoms with E-state index in [1.54, 1.807) is 11.3 Å². The highest BCUT2D eigenvalue weighted by Gasteiger charge is 2.29. The Morgan fingerprint density at radius 3 is 2.93 bits per heavy atom. The first kappa shape index (κ1) is 11.1. The van der Waals surface area contributed by atoms with E-state index >= 15 is 0 Å². The van der Waals surface area contributed by atoms with Crippen LogP contribution in [0.15, 0.2) is 16.8 Å². The molecule has 1 heterocycles. The van der Waals surface area contributed by atoms with Crippen LogP contribution in [-0.2, 0) is 6.54 Å². The summed E-state index contributed by atoms with van der Waals surface area (Å²) in [5.41, 5.74) is 7.14. The van der Waals surface area contributed by atoms with Crippen molar-refractivity contribution in [1.29, 1.82) is 0 Å². The minimum absolute atomic E-state index is 0.615. The number of rotatable bonds is 6.